The second-order valence-corrected chi connectivity index (χ2v) is 3.03. The third-order valence-electron chi connectivity index (χ3n) is 1.04. The van der Waals surface area contributed by atoms with Crippen molar-refractivity contribution < 1.29 is 14.0 Å². The summed E-state index contributed by atoms with van der Waals surface area (Å²) in [5.74, 6) is -0.0825. The number of hydrogen-bond acceptors (Lipinski definition) is 7. The highest BCUT2D eigenvalue weighted by molar-refractivity contribution is 7.09. The zero-order valence-corrected chi connectivity index (χ0v) is 8.18. The Morgan fingerprint density at radius 1 is 1.79 bits per heavy atom. The van der Waals surface area contributed by atoms with Gasteiger partial charge < -0.3 is 10.6 Å². The second-order valence-electron chi connectivity index (χ2n) is 1.91. The van der Waals surface area contributed by atoms with E-state index in [1.54, 1.807) is 0 Å². The minimum absolute atomic E-state index is 0.0825. The Morgan fingerprint density at radius 3 is 2.93 bits per heavy atom. The molecule has 9 heteroatoms. The first-order chi connectivity index (χ1) is 6.65. The summed E-state index contributed by atoms with van der Waals surface area (Å²) < 4.78 is 15.2. The fourth-order valence-electron chi connectivity index (χ4n) is 0.585. The highest BCUT2D eigenvalue weighted by Gasteiger charge is 2.17. The fraction of sp³-hybridized carbons (Fsp3) is 0.200. The van der Waals surface area contributed by atoms with Crippen LogP contribution in [-0.2, 0) is 9.63 Å². The van der Waals surface area contributed by atoms with Crippen LogP contribution in [0, 0.1) is 0 Å². The van der Waals surface area contributed by atoms with Gasteiger partial charge in [-0.3, -0.25) is 4.79 Å². The lowest BCUT2D eigenvalue weighted by molar-refractivity contribution is -0.106. The van der Waals surface area contributed by atoms with E-state index < -0.39 is 12.1 Å². The van der Waals surface area contributed by atoms with Gasteiger partial charge in [-0.15, -0.1) is 0 Å². The van der Waals surface area contributed by atoms with Crippen molar-refractivity contribution in [2.75, 3.05) is 12.6 Å². The molecule has 6 nitrogen and oxygen atoms in total. The average molecular weight is 239 g/mol. The predicted molar refractivity (Wildman–Crippen MR) is 48.8 cm³/mol. The molecule has 0 amide bonds. The van der Waals surface area contributed by atoms with E-state index in [0.717, 1.165) is 11.5 Å². The predicted octanol–water partition coefficient (Wildman–Crippen LogP) is 0.533. The molecule has 0 spiro atoms. The molecule has 0 saturated heterocycles. The van der Waals surface area contributed by atoms with E-state index in [1.165, 1.54) is 0 Å². The summed E-state index contributed by atoms with van der Waals surface area (Å²) in [4.78, 5) is 18.4. The number of nitrogen functional groups attached to an aromatic ring is 1. The molecule has 0 bridgehead atoms. The number of halogens is 2. The topological polar surface area (TPSA) is 90.5 Å². The summed E-state index contributed by atoms with van der Waals surface area (Å²) >= 11 is 5.99. The number of carbonyl (C=O) groups excluding carboxylic acids is 1. The van der Waals surface area contributed by atoms with Crippen molar-refractivity contribution in [3.05, 3.63) is 5.82 Å². The van der Waals surface area contributed by atoms with Crippen molar-refractivity contribution in [2.24, 2.45) is 5.16 Å². The van der Waals surface area contributed by atoms with Crippen LogP contribution in [0.3, 0.4) is 0 Å². The lowest BCUT2D eigenvalue weighted by Gasteiger charge is -1.93. The van der Waals surface area contributed by atoms with E-state index in [2.05, 4.69) is 19.4 Å². The molecule has 1 rings (SSSR count). The van der Waals surface area contributed by atoms with Gasteiger partial charge in [0.2, 0.25) is 11.5 Å². The van der Waals surface area contributed by atoms with Crippen LogP contribution in [0.25, 0.3) is 0 Å². The van der Waals surface area contributed by atoms with Crippen molar-refractivity contribution in [2.45, 2.75) is 0 Å². The molecule has 0 aromatic carbocycles. The zero-order valence-electron chi connectivity index (χ0n) is 6.61. The number of aromatic nitrogens is 2. The van der Waals surface area contributed by atoms with Gasteiger partial charge in [-0.1, -0.05) is 5.16 Å². The van der Waals surface area contributed by atoms with Crippen LogP contribution in [0.4, 0.5) is 9.52 Å². The first kappa shape index (κ1) is 10.8. The van der Waals surface area contributed by atoms with Crippen LogP contribution in [-0.4, -0.2) is 27.2 Å². The summed E-state index contributed by atoms with van der Waals surface area (Å²) in [7, 11) is 0. The standard InChI is InChI=1S/C5H4ClFN4O2S/c6-3(12)2(10-13-1-7)4-9-5(8)14-11-4/h1H2,(H2,8,9,11)/b10-2+. The lowest BCUT2D eigenvalue weighted by Crippen LogP contribution is -2.12. The molecule has 0 saturated carbocycles. The Labute approximate surface area is 86.7 Å². The first-order valence-corrected chi connectivity index (χ1v) is 4.35. The maximum Gasteiger partial charge on any atom is 0.278 e. The summed E-state index contributed by atoms with van der Waals surface area (Å²) in [5, 5.41) is 2.31. The van der Waals surface area contributed by atoms with Crippen molar-refractivity contribution >= 4 is 39.2 Å². The number of hydrogen-bond donors (Lipinski definition) is 1. The molecular formula is C5H4ClFN4O2S. The van der Waals surface area contributed by atoms with E-state index in [9.17, 15) is 9.18 Å². The number of nitrogens with zero attached hydrogens (tertiary/aromatic N) is 3. The monoisotopic (exact) mass is 238 g/mol. The minimum Gasteiger partial charge on any atom is -0.374 e. The van der Waals surface area contributed by atoms with Crippen LogP contribution >= 0.6 is 23.1 Å². The molecule has 0 fully saturated rings. The summed E-state index contributed by atoms with van der Waals surface area (Å²) in [6.07, 6.45) is 0. The number of alkyl halides is 1. The maximum absolute atomic E-state index is 11.6. The third kappa shape index (κ3) is 2.60. The van der Waals surface area contributed by atoms with E-state index in [4.69, 9.17) is 17.3 Å². The third-order valence-corrected chi connectivity index (χ3v) is 1.77. The van der Waals surface area contributed by atoms with E-state index in [0.29, 0.717) is 0 Å². The van der Waals surface area contributed by atoms with Crippen LogP contribution in [0.2, 0.25) is 0 Å². The van der Waals surface area contributed by atoms with Crippen LogP contribution in [0.15, 0.2) is 5.16 Å². The van der Waals surface area contributed by atoms with Crippen LogP contribution in [0.5, 0.6) is 0 Å². The van der Waals surface area contributed by atoms with Gasteiger partial charge in [0, 0.05) is 11.5 Å². The Balaban J connectivity index is 2.94. The zero-order chi connectivity index (χ0) is 10.6. The van der Waals surface area contributed by atoms with Crippen molar-refractivity contribution in [3.8, 4) is 0 Å². The number of anilines is 1. The highest BCUT2D eigenvalue weighted by Crippen LogP contribution is 2.08. The molecule has 0 atom stereocenters. The van der Waals surface area contributed by atoms with E-state index in [-0.39, 0.29) is 16.7 Å². The van der Waals surface area contributed by atoms with Gasteiger partial charge in [0.1, 0.15) is 0 Å². The Morgan fingerprint density at radius 2 is 2.50 bits per heavy atom. The number of oxime groups is 1. The smallest absolute Gasteiger partial charge is 0.278 e. The molecule has 0 aliphatic carbocycles. The largest absolute Gasteiger partial charge is 0.374 e. The van der Waals surface area contributed by atoms with E-state index >= 15 is 0 Å². The summed E-state index contributed by atoms with van der Waals surface area (Å²) in [6.45, 7) is -1.17. The number of carbonyl (C=O) groups is 1. The molecule has 1 aromatic heterocycles. The number of nitrogens with two attached hydrogens (primary N) is 1. The van der Waals surface area contributed by atoms with Gasteiger partial charge >= 0.3 is 0 Å². The van der Waals surface area contributed by atoms with Crippen molar-refractivity contribution in [1.29, 1.82) is 0 Å². The quantitative estimate of drug-likeness (QED) is 0.470. The fourth-order valence-corrected chi connectivity index (χ4v) is 1.14. The first-order valence-electron chi connectivity index (χ1n) is 3.20. The minimum atomic E-state index is -1.17. The van der Waals surface area contributed by atoms with Gasteiger partial charge in [0.15, 0.2) is 5.13 Å². The molecule has 76 valence electrons. The molecular weight excluding hydrogens is 235 g/mol. The van der Waals surface area contributed by atoms with Crippen LogP contribution < -0.4 is 5.73 Å². The van der Waals surface area contributed by atoms with Crippen LogP contribution in [0.1, 0.15) is 5.82 Å². The van der Waals surface area contributed by atoms with E-state index in [1.807, 2.05) is 0 Å². The molecule has 2 N–H and O–H groups in total. The SMILES string of the molecule is Nc1nc(/C(=N/OCF)C(=O)Cl)ns1. The summed E-state index contributed by atoms with van der Waals surface area (Å²) in [5.41, 5.74) is 4.89. The van der Waals surface area contributed by atoms with Crippen molar-refractivity contribution in [1.82, 2.24) is 9.36 Å². The average Bonchev–Trinajstić information content (AvgIpc) is 2.52. The maximum atomic E-state index is 11.6. The summed E-state index contributed by atoms with van der Waals surface area (Å²) in [6, 6.07) is 0. The number of rotatable bonds is 4. The van der Waals surface area contributed by atoms with Gasteiger partial charge in [0.25, 0.3) is 12.1 Å². The van der Waals surface area contributed by atoms with Gasteiger partial charge in [0.05, 0.1) is 0 Å². The van der Waals surface area contributed by atoms with Gasteiger partial charge in [-0.2, -0.15) is 9.36 Å². The second kappa shape index (κ2) is 4.82. The van der Waals surface area contributed by atoms with Crippen molar-refractivity contribution in [3.63, 3.8) is 0 Å². The Hall–Kier alpha value is -1.28. The Kier molecular flexibility index (Phi) is 3.72. The molecule has 0 aliphatic heterocycles. The highest BCUT2D eigenvalue weighted by atomic mass is 35.5. The molecule has 14 heavy (non-hydrogen) atoms. The molecule has 0 aliphatic rings. The molecule has 1 heterocycles. The normalized spacial score (nSPS) is 11.4. The molecule has 0 radical (unpaired) electrons. The molecule has 0 unspecified atom stereocenters. The Bertz CT molecular complexity index is 368. The lowest BCUT2D eigenvalue weighted by atomic mass is 10.4. The molecule has 1 aromatic rings. The van der Waals surface area contributed by atoms with Gasteiger partial charge in [-0.25, -0.2) is 4.39 Å². The van der Waals surface area contributed by atoms with Gasteiger partial charge in [-0.05, 0) is 11.6 Å².